The van der Waals surface area contributed by atoms with Crippen molar-refractivity contribution < 1.29 is 4.74 Å². The first kappa shape index (κ1) is 17.9. The minimum Gasteiger partial charge on any atom is -0.382 e. The van der Waals surface area contributed by atoms with Gasteiger partial charge >= 0.3 is 0 Å². The van der Waals surface area contributed by atoms with Gasteiger partial charge in [0.25, 0.3) is 0 Å². The highest BCUT2D eigenvalue weighted by Gasteiger charge is 2.40. The van der Waals surface area contributed by atoms with Gasteiger partial charge in [-0.25, -0.2) is 0 Å². The van der Waals surface area contributed by atoms with Crippen molar-refractivity contribution in [1.82, 2.24) is 4.90 Å². The molecule has 0 spiro atoms. The molecule has 3 nitrogen and oxygen atoms in total. The predicted octanol–water partition coefficient (Wildman–Crippen LogP) is 4.65. The number of nitrogens with zero attached hydrogens (tertiary/aromatic N) is 2. The van der Waals surface area contributed by atoms with Crippen LogP contribution >= 0.6 is 11.8 Å². The van der Waals surface area contributed by atoms with Crippen molar-refractivity contribution in [3.63, 3.8) is 0 Å². The average Bonchev–Trinajstić information content (AvgIpc) is 3.06. The number of para-hydroxylation sites is 1. The molecule has 1 unspecified atom stereocenters. The summed E-state index contributed by atoms with van der Waals surface area (Å²) in [5, 5.41) is 0.487. The summed E-state index contributed by atoms with van der Waals surface area (Å²) < 4.78 is 5.68. The van der Waals surface area contributed by atoms with E-state index in [9.17, 15) is 0 Å². The van der Waals surface area contributed by atoms with Crippen LogP contribution in [0.2, 0.25) is 0 Å². The Morgan fingerprint density at radius 1 is 1.04 bits per heavy atom. The second kappa shape index (κ2) is 8.03. The third kappa shape index (κ3) is 3.51. The average molecular weight is 369 g/mol. The third-order valence-corrected chi connectivity index (χ3v) is 7.13. The minimum absolute atomic E-state index is 0.252. The van der Waals surface area contributed by atoms with Gasteiger partial charge in [0.1, 0.15) is 0 Å². The molecule has 4 heteroatoms. The summed E-state index contributed by atoms with van der Waals surface area (Å²) in [5.74, 6) is 0.715. The Balaban J connectivity index is 1.70. The molecular formula is C22H28N2OS. The van der Waals surface area contributed by atoms with Crippen LogP contribution < -0.4 is 4.90 Å². The quantitative estimate of drug-likeness (QED) is 0.763. The lowest BCUT2D eigenvalue weighted by atomic mass is 9.94. The second-order valence-corrected chi connectivity index (χ2v) is 8.56. The molecular weight excluding hydrogens is 340 g/mol. The first-order valence-corrected chi connectivity index (χ1v) is 10.4. The van der Waals surface area contributed by atoms with Crippen LogP contribution in [0.4, 0.5) is 5.69 Å². The Bertz CT molecular complexity index is 715. The topological polar surface area (TPSA) is 15.7 Å². The van der Waals surface area contributed by atoms with Crippen molar-refractivity contribution in [3.8, 4) is 0 Å². The van der Waals surface area contributed by atoms with Gasteiger partial charge in [0, 0.05) is 12.0 Å². The molecule has 4 rings (SSSR count). The first-order chi connectivity index (χ1) is 12.8. The smallest absolute Gasteiger partial charge is 0.0834 e. The molecule has 2 aromatic rings. The molecule has 1 fully saturated rings. The van der Waals surface area contributed by atoms with Crippen molar-refractivity contribution in [3.05, 3.63) is 60.2 Å². The Morgan fingerprint density at radius 2 is 1.73 bits per heavy atom. The van der Waals surface area contributed by atoms with Crippen LogP contribution in [0.5, 0.6) is 0 Å². The number of hydrogen-bond donors (Lipinski definition) is 0. The summed E-state index contributed by atoms with van der Waals surface area (Å²) >= 11 is 2.05. The van der Waals surface area contributed by atoms with Crippen molar-refractivity contribution >= 4 is 17.4 Å². The Hall–Kier alpha value is -1.49. The van der Waals surface area contributed by atoms with Crippen LogP contribution in [0.3, 0.4) is 0 Å². The Labute approximate surface area is 161 Å². The lowest BCUT2D eigenvalue weighted by molar-refractivity contribution is 0.167. The maximum Gasteiger partial charge on any atom is 0.0834 e. The van der Waals surface area contributed by atoms with Crippen molar-refractivity contribution in [2.24, 2.45) is 5.92 Å². The van der Waals surface area contributed by atoms with Gasteiger partial charge in [0.2, 0.25) is 0 Å². The number of fused-ring (bicyclic) bond motifs is 1. The molecule has 2 heterocycles. The maximum atomic E-state index is 5.68. The number of anilines is 1. The van der Waals surface area contributed by atoms with Crippen molar-refractivity contribution in [2.75, 3.05) is 38.8 Å². The van der Waals surface area contributed by atoms with Crippen LogP contribution in [0.25, 0.3) is 0 Å². The van der Waals surface area contributed by atoms with Gasteiger partial charge < -0.3 is 14.5 Å². The van der Waals surface area contributed by atoms with Crippen LogP contribution in [-0.2, 0) is 4.74 Å². The standard InChI is InChI=1S/C22H28N2OS/c1-23-14-12-18(13-15-23)22-24(19-10-6-7-11-21(19)26-22)20(16-25-2)17-8-4-3-5-9-17/h3-11,18,20,22H,12-16H2,1-2H3/t20?,22-/m1/s1. The number of benzene rings is 2. The molecule has 0 aromatic heterocycles. The number of methoxy groups -OCH3 is 1. The normalized spacial score (nSPS) is 22.4. The van der Waals surface area contributed by atoms with E-state index in [1.165, 1.54) is 42.1 Å². The zero-order valence-electron chi connectivity index (χ0n) is 15.7. The summed E-state index contributed by atoms with van der Waals surface area (Å²) in [7, 11) is 4.05. The SMILES string of the molecule is COCC(c1ccccc1)N1c2ccccc2S[C@@H]1C1CCN(C)CC1. The lowest BCUT2D eigenvalue weighted by Crippen LogP contribution is -2.44. The molecule has 0 amide bonds. The van der Waals surface area contributed by atoms with E-state index in [-0.39, 0.29) is 6.04 Å². The van der Waals surface area contributed by atoms with Crippen LogP contribution in [0.15, 0.2) is 59.5 Å². The van der Waals surface area contributed by atoms with E-state index < -0.39 is 0 Å². The molecule has 2 aromatic carbocycles. The summed E-state index contributed by atoms with van der Waals surface area (Å²) in [6.45, 7) is 3.11. The van der Waals surface area contributed by atoms with Gasteiger partial charge in [-0.3, -0.25) is 0 Å². The molecule has 2 atom stereocenters. The zero-order valence-corrected chi connectivity index (χ0v) is 16.5. The van der Waals surface area contributed by atoms with Crippen molar-refractivity contribution in [1.29, 1.82) is 0 Å². The zero-order chi connectivity index (χ0) is 17.9. The van der Waals surface area contributed by atoms with Gasteiger partial charge in [-0.05, 0) is 56.6 Å². The molecule has 0 bridgehead atoms. The lowest BCUT2D eigenvalue weighted by Gasteiger charge is -2.41. The van der Waals surface area contributed by atoms with E-state index in [1.54, 1.807) is 0 Å². The largest absolute Gasteiger partial charge is 0.382 e. The summed E-state index contributed by atoms with van der Waals surface area (Å²) in [5.41, 5.74) is 2.71. The first-order valence-electron chi connectivity index (χ1n) is 9.54. The number of likely N-dealkylation sites (tertiary alicyclic amines) is 1. The summed E-state index contributed by atoms with van der Waals surface area (Å²) in [6, 6.07) is 20.0. The van der Waals surface area contributed by atoms with Crippen LogP contribution in [-0.4, -0.2) is 44.1 Å². The molecule has 138 valence electrons. The molecule has 0 aliphatic carbocycles. The molecule has 0 saturated carbocycles. The number of ether oxygens (including phenoxy) is 1. The van der Waals surface area contributed by atoms with E-state index in [4.69, 9.17) is 4.74 Å². The maximum absolute atomic E-state index is 5.68. The van der Waals surface area contributed by atoms with Gasteiger partial charge in [-0.15, -0.1) is 0 Å². The third-order valence-electron chi connectivity index (χ3n) is 5.68. The van der Waals surface area contributed by atoms with E-state index in [0.29, 0.717) is 17.9 Å². The molecule has 2 aliphatic heterocycles. The number of rotatable bonds is 5. The molecule has 0 radical (unpaired) electrons. The highest BCUT2D eigenvalue weighted by atomic mass is 32.2. The fraction of sp³-hybridized carbons (Fsp3) is 0.455. The fourth-order valence-electron chi connectivity index (χ4n) is 4.25. The fourth-order valence-corrected chi connectivity index (χ4v) is 5.80. The summed E-state index contributed by atoms with van der Waals surface area (Å²) in [4.78, 5) is 6.51. The van der Waals surface area contributed by atoms with Gasteiger partial charge in [-0.2, -0.15) is 0 Å². The second-order valence-electron chi connectivity index (χ2n) is 7.41. The van der Waals surface area contributed by atoms with E-state index in [2.05, 4.69) is 83.2 Å². The van der Waals surface area contributed by atoms with E-state index >= 15 is 0 Å². The van der Waals surface area contributed by atoms with Crippen LogP contribution in [0, 0.1) is 5.92 Å². The highest BCUT2D eigenvalue weighted by Crippen LogP contribution is 2.51. The van der Waals surface area contributed by atoms with Gasteiger partial charge in [0.15, 0.2) is 0 Å². The monoisotopic (exact) mass is 368 g/mol. The highest BCUT2D eigenvalue weighted by molar-refractivity contribution is 8.00. The summed E-state index contributed by atoms with van der Waals surface area (Å²) in [6.07, 6.45) is 2.54. The Morgan fingerprint density at radius 3 is 2.46 bits per heavy atom. The van der Waals surface area contributed by atoms with Crippen LogP contribution in [0.1, 0.15) is 24.4 Å². The predicted molar refractivity (Wildman–Crippen MR) is 110 cm³/mol. The van der Waals surface area contributed by atoms with E-state index in [0.717, 1.165) is 0 Å². The van der Waals surface area contributed by atoms with Gasteiger partial charge in [-0.1, -0.05) is 54.2 Å². The number of thioether (sulfide) groups is 1. The van der Waals surface area contributed by atoms with E-state index in [1.807, 2.05) is 7.11 Å². The van der Waals surface area contributed by atoms with Crippen molar-refractivity contribution in [2.45, 2.75) is 29.2 Å². The molecule has 26 heavy (non-hydrogen) atoms. The number of hydrogen-bond acceptors (Lipinski definition) is 4. The van der Waals surface area contributed by atoms with Gasteiger partial charge in [0.05, 0.1) is 23.7 Å². The molecule has 2 aliphatic rings. The molecule has 0 N–H and O–H groups in total. The minimum atomic E-state index is 0.252. The number of piperidine rings is 1. The molecule has 1 saturated heterocycles. The Kier molecular flexibility index (Phi) is 5.53.